The lowest BCUT2D eigenvalue weighted by molar-refractivity contribution is 0.214. The lowest BCUT2D eigenvalue weighted by Crippen LogP contribution is -2.26. The van der Waals surface area contributed by atoms with E-state index in [0.717, 1.165) is 25.3 Å². The van der Waals surface area contributed by atoms with Gasteiger partial charge in [0.2, 0.25) is 0 Å². The van der Waals surface area contributed by atoms with Gasteiger partial charge in [0, 0.05) is 13.1 Å². The van der Waals surface area contributed by atoms with Crippen LogP contribution in [0.4, 0.5) is 0 Å². The maximum atomic E-state index is 8.93. The smallest absolute Gasteiger partial charge is 0.119 e. The van der Waals surface area contributed by atoms with Gasteiger partial charge >= 0.3 is 0 Å². The molecule has 1 aliphatic carbocycles. The third-order valence-electron chi connectivity index (χ3n) is 3.57. The van der Waals surface area contributed by atoms with E-state index in [9.17, 15) is 0 Å². The number of hydrogen-bond acceptors (Lipinski definition) is 3. The van der Waals surface area contributed by atoms with E-state index in [1.165, 1.54) is 17.5 Å². The average molecular weight is 235 g/mol. The first-order chi connectivity index (χ1) is 8.24. The highest BCUT2D eigenvalue weighted by atomic mass is 16.5. The first kappa shape index (κ1) is 12.4. The quantitative estimate of drug-likeness (QED) is 0.842. The Morgan fingerprint density at radius 2 is 2.29 bits per heavy atom. The van der Waals surface area contributed by atoms with Crippen molar-refractivity contribution in [2.75, 3.05) is 33.9 Å². The molecule has 0 fully saturated rings. The molecule has 0 aromatic heterocycles. The number of likely N-dealkylation sites (N-methyl/N-ethyl adjacent to an activating group) is 1. The van der Waals surface area contributed by atoms with E-state index in [1.54, 1.807) is 7.11 Å². The summed E-state index contributed by atoms with van der Waals surface area (Å²) in [7, 11) is 3.78. The number of ether oxygens (including phenoxy) is 1. The Kier molecular flexibility index (Phi) is 4.02. The second-order valence-corrected chi connectivity index (χ2v) is 4.79. The molecule has 17 heavy (non-hydrogen) atoms. The van der Waals surface area contributed by atoms with Crippen LogP contribution >= 0.6 is 0 Å². The Hall–Kier alpha value is -1.06. The molecule has 1 aromatic carbocycles. The number of nitrogens with zero attached hydrogens (tertiary/aromatic N) is 1. The van der Waals surface area contributed by atoms with Gasteiger partial charge < -0.3 is 14.7 Å². The van der Waals surface area contributed by atoms with Crippen molar-refractivity contribution in [3.8, 4) is 5.75 Å². The molecular weight excluding hydrogens is 214 g/mol. The minimum absolute atomic E-state index is 0.230. The number of benzene rings is 1. The van der Waals surface area contributed by atoms with E-state index in [1.807, 2.05) is 6.07 Å². The molecule has 1 aliphatic rings. The highest BCUT2D eigenvalue weighted by Gasteiger charge is 2.23. The van der Waals surface area contributed by atoms with E-state index >= 15 is 0 Å². The Morgan fingerprint density at radius 3 is 3.00 bits per heavy atom. The Labute approximate surface area is 103 Å². The minimum atomic E-state index is 0.230. The fourth-order valence-corrected chi connectivity index (χ4v) is 2.62. The van der Waals surface area contributed by atoms with Crippen molar-refractivity contribution in [3.63, 3.8) is 0 Å². The Morgan fingerprint density at radius 1 is 1.47 bits per heavy atom. The summed E-state index contributed by atoms with van der Waals surface area (Å²) in [6.45, 7) is 1.99. The number of rotatable bonds is 5. The molecule has 1 unspecified atom stereocenters. The van der Waals surface area contributed by atoms with Crippen LogP contribution in [0.2, 0.25) is 0 Å². The molecule has 1 aromatic rings. The molecule has 0 bridgehead atoms. The zero-order valence-corrected chi connectivity index (χ0v) is 10.6. The van der Waals surface area contributed by atoms with Crippen molar-refractivity contribution in [1.29, 1.82) is 0 Å². The second-order valence-electron chi connectivity index (χ2n) is 4.79. The zero-order chi connectivity index (χ0) is 12.3. The van der Waals surface area contributed by atoms with Crippen LogP contribution < -0.4 is 4.74 Å². The number of aliphatic hydroxyl groups is 1. The third kappa shape index (κ3) is 2.79. The molecule has 0 heterocycles. The van der Waals surface area contributed by atoms with Crippen molar-refractivity contribution in [2.24, 2.45) is 0 Å². The molecule has 0 radical (unpaired) electrons. The van der Waals surface area contributed by atoms with Gasteiger partial charge in [-0.1, -0.05) is 6.07 Å². The van der Waals surface area contributed by atoms with E-state index in [-0.39, 0.29) is 6.61 Å². The molecule has 1 N–H and O–H groups in total. The van der Waals surface area contributed by atoms with Gasteiger partial charge in [-0.2, -0.15) is 0 Å². The fourth-order valence-electron chi connectivity index (χ4n) is 2.62. The highest BCUT2D eigenvalue weighted by Crippen LogP contribution is 2.35. The van der Waals surface area contributed by atoms with Crippen molar-refractivity contribution in [1.82, 2.24) is 4.90 Å². The molecule has 94 valence electrons. The van der Waals surface area contributed by atoms with E-state index in [2.05, 4.69) is 24.1 Å². The van der Waals surface area contributed by atoms with Crippen LogP contribution in [0.1, 0.15) is 23.5 Å². The number of aliphatic hydroxyl groups excluding tert-OH is 1. The predicted octanol–water partition coefficient (Wildman–Crippen LogP) is 1.65. The number of aryl methyl sites for hydroxylation is 1. The summed E-state index contributed by atoms with van der Waals surface area (Å²) < 4.78 is 5.29. The molecule has 0 spiro atoms. The van der Waals surface area contributed by atoms with Crippen LogP contribution in [-0.4, -0.2) is 43.9 Å². The normalized spacial score (nSPS) is 18.5. The fraction of sp³-hybridized carbons (Fsp3) is 0.571. The SMILES string of the molecule is COc1ccc2c(c1)C(CN(C)CCO)CC2. The van der Waals surface area contributed by atoms with Crippen molar-refractivity contribution in [3.05, 3.63) is 29.3 Å². The topological polar surface area (TPSA) is 32.7 Å². The molecule has 0 saturated heterocycles. The molecule has 3 heteroatoms. The Bertz CT molecular complexity index is 378. The highest BCUT2D eigenvalue weighted by molar-refractivity contribution is 5.41. The molecule has 2 rings (SSSR count). The number of fused-ring (bicyclic) bond motifs is 1. The molecule has 0 saturated carbocycles. The van der Waals surface area contributed by atoms with Crippen LogP contribution in [0.15, 0.2) is 18.2 Å². The number of hydrogen-bond donors (Lipinski definition) is 1. The maximum Gasteiger partial charge on any atom is 0.119 e. The summed E-state index contributed by atoms with van der Waals surface area (Å²) >= 11 is 0. The van der Waals surface area contributed by atoms with Crippen molar-refractivity contribution in [2.45, 2.75) is 18.8 Å². The molecule has 3 nitrogen and oxygen atoms in total. The van der Waals surface area contributed by atoms with Gasteiger partial charge in [-0.3, -0.25) is 0 Å². The van der Waals surface area contributed by atoms with Gasteiger partial charge in [0.25, 0.3) is 0 Å². The van der Waals surface area contributed by atoms with Crippen molar-refractivity contribution < 1.29 is 9.84 Å². The van der Waals surface area contributed by atoms with Crippen LogP contribution in [0, 0.1) is 0 Å². The van der Waals surface area contributed by atoms with Crippen LogP contribution in [-0.2, 0) is 6.42 Å². The van der Waals surface area contributed by atoms with E-state index in [4.69, 9.17) is 9.84 Å². The van der Waals surface area contributed by atoms with E-state index < -0.39 is 0 Å². The van der Waals surface area contributed by atoms with Crippen LogP contribution in [0.3, 0.4) is 0 Å². The summed E-state index contributed by atoms with van der Waals surface area (Å²) in [5, 5.41) is 8.93. The van der Waals surface area contributed by atoms with Crippen LogP contribution in [0.5, 0.6) is 5.75 Å². The molecular formula is C14H21NO2. The first-order valence-electron chi connectivity index (χ1n) is 6.21. The zero-order valence-electron chi connectivity index (χ0n) is 10.6. The predicted molar refractivity (Wildman–Crippen MR) is 68.6 cm³/mol. The van der Waals surface area contributed by atoms with Gasteiger partial charge in [0.05, 0.1) is 13.7 Å². The summed E-state index contributed by atoms with van der Waals surface area (Å²) in [5.41, 5.74) is 2.88. The summed E-state index contributed by atoms with van der Waals surface area (Å²) in [4.78, 5) is 2.19. The third-order valence-corrected chi connectivity index (χ3v) is 3.57. The van der Waals surface area contributed by atoms with Gasteiger partial charge in [0.15, 0.2) is 0 Å². The summed E-state index contributed by atoms with van der Waals surface area (Å²) in [5.74, 6) is 1.53. The Balaban J connectivity index is 2.09. The lowest BCUT2D eigenvalue weighted by Gasteiger charge is -2.20. The van der Waals surface area contributed by atoms with Gasteiger partial charge in [-0.15, -0.1) is 0 Å². The first-order valence-corrected chi connectivity index (χ1v) is 6.21. The molecule has 0 amide bonds. The number of methoxy groups -OCH3 is 1. The molecule has 1 atom stereocenters. The standard InChI is InChI=1S/C14H21NO2/c1-15(7-8-16)10-12-4-3-11-5-6-13(17-2)9-14(11)12/h5-6,9,12,16H,3-4,7-8,10H2,1-2H3. The average Bonchev–Trinajstić information content (AvgIpc) is 2.72. The largest absolute Gasteiger partial charge is 0.497 e. The second kappa shape index (κ2) is 5.52. The monoisotopic (exact) mass is 235 g/mol. The minimum Gasteiger partial charge on any atom is -0.497 e. The van der Waals surface area contributed by atoms with Crippen molar-refractivity contribution >= 4 is 0 Å². The van der Waals surface area contributed by atoms with Crippen LogP contribution in [0.25, 0.3) is 0 Å². The molecule has 0 aliphatic heterocycles. The summed E-state index contributed by atoms with van der Waals surface area (Å²) in [6, 6.07) is 6.39. The summed E-state index contributed by atoms with van der Waals surface area (Å²) in [6.07, 6.45) is 2.37. The van der Waals surface area contributed by atoms with E-state index in [0.29, 0.717) is 5.92 Å². The van der Waals surface area contributed by atoms with Gasteiger partial charge in [-0.25, -0.2) is 0 Å². The van der Waals surface area contributed by atoms with Gasteiger partial charge in [-0.05, 0) is 49.1 Å². The maximum absolute atomic E-state index is 8.93. The lowest BCUT2D eigenvalue weighted by atomic mass is 10.0. The van der Waals surface area contributed by atoms with Gasteiger partial charge in [0.1, 0.15) is 5.75 Å².